The Morgan fingerprint density at radius 1 is 1.06 bits per heavy atom. The molecule has 2 aromatic rings. The normalized spacial score (nSPS) is 11.3. The molecular weight excluding hydrogens is 222 g/mol. The van der Waals surface area contributed by atoms with Crippen LogP contribution in [0, 0.1) is 0 Å². The quantitative estimate of drug-likeness (QED) is 0.745. The van der Waals surface area contributed by atoms with Gasteiger partial charge in [-0.05, 0) is 23.1 Å². The van der Waals surface area contributed by atoms with Crippen molar-refractivity contribution in [2.24, 2.45) is 0 Å². The fourth-order valence-electron chi connectivity index (χ4n) is 1.82. The zero-order chi connectivity index (χ0) is 13.2. The number of hydrogen-bond donors (Lipinski definition) is 0. The Hall–Kier alpha value is -1.96. The lowest BCUT2D eigenvalue weighted by atomic mass is 9.86. The average molecular weight is 239 g/mol. The summed E-state index contributed by atoms with van der Waals surface area (Å²) in [6.45, 7) is 6.56. The molecule has 1 aromatic carbocycles. The van der Waals surface area contributed by atoms with Crippen molar-refractivity contribution in [2.75, 3.05) is 0 Å². The first-order valence-corrected chi connectivity index (χ1v) is 6.03. The number of aldehydes is 1. The van der Waals surface area contributed by atoms with Crippen molar-refractivity contribution in [2.45, 2.75) is 26.2 Å². The first kappa shape index (κ1) is 12.5. The molecule has 0 aliphatic carbocycles. The predicted octanol–water partition coefficient (Wildman–Crippen LogP) is 3.86. The Bertz CT molecular complexity index is 550. The van der Waals surface area contributed by atoms with Gasteiger partial charge in [-0.3, -0.25) is 9.78 Å². The Morgan fingerprint density at radius 2 is 1.72 bits per heavy atom. The molecule has 1 aromatic heterocycles. The molecule has 1 heterocycles. The molecule has 0 unspecified atom stereocenters. The van der Waals surface area contributed by atoms with Crippen molar-refractivity contribution in [3.05, 3.63) is 53.7 Å². The SMILES string of the molecule is CC(C)(C)c1ccc(-c2cc(C=O)ccn2)cc1. The molecule has 0 N–H and O–H groups in total. The maximum Gasteiger partial charge on any atom is 0.150 e. The Balaban J connectivity index is 2.37. The molecule has 0 amide bonds. The summed E-state index contributed by atoms with van der Waals surface area (Å²) in [4.78, 5) is 15.0. The highest BCUT2D eigenvalue weighted by Gasteiger charge is 2.13. The zero-order valence-corrected chi connectivity index (χ0v) is 11.0. The van der Waals surface area contributed by atoms with Gasteiger partial charge < -0.3 is 0 Å². The van der Waals surface area contributed by atoms with Gasteiger partial charge in [0.25, 0.3) is 0 Å². The highest BCUT2D eigenvalue weighted by Crippen LogP contribution is 2.25. The van der Waals surface area contributed by atoms with Crippen LogP contribution in [0.5, 0.6) is 0 Å². The van der Waals surface area contributed by atoms with E-state index in [2.05, 4.69) is 50.0 Å². The van der Waals surface area contributed by atoms with Gasteiger partial charge in [-0.1, -0.05) is 45.0 Å². The Morgan fingerprint density at radius 3 is 2.28 bits per heavy atom. The van der Waals surface area contributed by atoms with Crippen LogP contribution in [0.3, 0.4) is 0 Å². The van der Waals surface area contributed by atoms with E-state index >= 15 is 0 Å². The molecule has 0 fully saturated rings. The molecule has 0 saturated carbocycles. The molecule has 0 aliphatic heterocycles. The lowest BCUT2D eigenvalue weighted by molar-refractivity contribution is 0.112. The largest absolute Gasteiger partial charge is 0.298 e. The minimum Gasteiger partial charge on any atom is -0.298 e. The van der Waals surface area contributed by atoms with Crippen LogP contribution in [0.2, 0.25) is 0 Å². The number of pyridine rings is 1. The van der Waals surface area contributed by atoms with Crippen molar-refractivity contribution >= 4 is 6.29 Å². The third kappa shape index (κ3) is 2.65. The second kappa shape index (κ2) is 4.73. The van der Waals surface area contributed by atoms with E-state index in [1.54, 1.807) is 18.3 Å². The first-order valence-electron chi connectivity index (χ1n) is 6.03. The summed E-state index contributed by atoms with van der Waals surface area (Å²) in [6.07, 6.45) is 2.51. The van der Waals surface area contributed by atoms with Gasteiger partial charge in [-0.15, -0.1) is 0 Å². The average Bonchev–Trinajstić information content (AvgIpc) is 2.38. The van der Waals surface area contributed by atoms with E-state index in [1.807, 2.05) is 0 Å². The molecule has 2 heteroatoms. The van der Waals surface area contributed by atoms with Crippen LogP contribution in [-0.2, 0) is 5.41 Å². The van der Waals surface area contributed by atoms with Crippen LogP contribution in [0.4, 0.5) is 0 Å². The first-order chi connectivity index (χ1) is 8.50. The zero-order valence-electron chi connectivity index (χ0n) is 11.0. The number of rotatable bonds is 2. The molecular formula is C16H17NO. The topological polar surface area (TPSA) is 30.0 Å². The molecule has 0 aliphatic rings. The van der Waals surface area contributed by atoms with Crippen molar-refractivity contribution in [1.82, 2.24) is 4.98 Å². The number of hydrogen-bond acceptors (Lipinski definition) is 2. The van der Waals surface area contributed by atoms with Gasteiger partial charge in [-0.2, -0.15) is 0 Å². The number of carbonyl (C=O) groups is 1. The number of nitrogens with zero attached hydrogens (tertiary/aromatic N) is 1. The van der Waals surface area contributed by atoms with Crippen LogP contribution in [-0.4, -0.2) is 11.3 Å². The second-order valence-corrected chi connectivity index (χ2v) is 5.42. The lowest BCUT2D eigenvalue weighted by Crippen LogP contribution is -2.10. The molecule has 0 radical (unpaired) electrons. The smallest absolute Gasteiger partial charge is 0.150 e. The molecule has 92 valence electrons. The molecule has 0 spiro atoms. The molecule has 0 atom stereocenters. The maximum absolute atomic E-state index is 10.7. The molecule has 18 heavy (non-hydrogen) atoms. The standard InChI is InChI=1S/C16H17NO/c1-16(2,3)14-6-4-13(5-7-14)15-10-12(11-18)8-9-17-15/h4-11H,1-3H3. The number of benzene rings is 1. The van der Waals surface area contributed by atoms with E-state index in [-0.39, 0.29) is 5.41 Å². The molecule has 2 rings (SSSR count). The summed E-state index contributed by atoms with van der Waals surface area (Å²) < 4.78 is 0. The van der Waals surface area contributed by atoms with Gasteiger partial charge in [0.15, 0.2) is 0 Å². The second-order valence-electron chi connectivity index (χ2n) is 5.42. The predicted molar refractivity (Wildman–Crippen MR) is 73.8 cm³/mol. The molecule has 2 nitrogen and oxygen atoms in total. The summed E-state index contributed by atoms with van der Waals surface area (Å²) in [6, 6.07) is 11.9. The lowest BCUT2D eigenvalue weighted by Gasteiger charge is -2.19. The highest BCUT2D eigenvalue weighted by molar-refractivity contribution is 5.77. The minimum absolute atomic E-state index is 0.149. The van der Waals surface area contributed by atoms with Gasteiger partial charge in [0.2, 0.25) is 0 Å². The van der Waals surface area contributed by atoms with Crippen molar-refractivity contribution in [1.29, 1.82) is 0 Å². The summed E-state index contributed by atoms with van der Waals surface area (Å²) in [7, 11) is 0. The van der Waals surface area contributed by atoms with Gasteiger partial charge in [-0.25, -0.2) is 0 Å². The van der Waals surface area contributed by atoms with E-state index in [0.29, 0.717) is 5.56 Å². The van der Waals surface area contributed by atoms with Crippen LogP contribution in [0.15, 0.2) is 42.6 Å². The van der Waals surface area contributed by atoms with E-state index in [4.69, 9.17) is 0 Å². The molecule has 0 saturated heterocycles. The summed E-state index contributed by atoms with van der Waals surface area (Å²) in [5.74, 6) is 0. The van der Waals surface area contributed by atoms with Gasteiger partial charge in [0, 0.05) is 17.3 Å². The third-order valence-corrected chi connectivity index (χ3v) is 2.97. The Labute approximate surface area is 108 Å². The molecule has 0 bridgehead atoms. The fraction of sp³-hybridized carbons (Fsp3) is 0.250. The van der Waals surface area contributed by atoms with E-state index in [0.717, 1.165) is 17.5 Å². The van der Waals surface area contributed by atoms with Crippen LogP contribution >= 0.6 is 0 Å². The maximum atomic E-state index is 10.7. The number of aromatic nitrogens is 1. The van der Waals surface area contributed by atoms with Crippen molar-refractivity contribution < 1.29 is 4.79 Å². The summed E-state index contributed by atoms with van der Waals surface area (Å²) in [5, 5.41) is 0. The monoisotopic (exact) mass is 239 g/mol. The van der Waals surface area contributed by atoms with E-state index in [1.165, 1.54) is 5.56 Å². The third-order valence-electron chi connectivity index (χ3n) is 2.97. The van der Waals surface area contributed by atoms with Crippen molar-refractivity contribution in [3.63, 3.8) is 0 Å². The summed E-state index contributed by atoms with van der Waals surface area (Å²) in [5.41, 5.74) is 3.96. The van der Waals surface area contributed by atoms with Crippen molar-refractivity contribution in [3.8, 4) is 11.3 Å². The highest BCUT2D eigenvalue weighted by atomic mass is 16.1. The fourth-order valence-corrected chi connectivity index (χ4v) is 1.82. The van der Waals surface area contributed by atoms with Crippen LogP contribution in [0.1, 0.15) is 36.7 Å². The summed E-state index contributed by atoms with van der Waals surface area (Å²) >= 11 is 0. The Kier molecular flexibility index (Phi) is 3.28. The number of carbonyl (C=O) groups excluding carboxylic acids is 1. The van der Waals surface area contributed by atoms with E-state index < -0.39 is 0 Å². The minimum atomic E-state index is 0.149. The van der Waals surface area contributed by atoms with Gasteiger partial charge >= 0.3 is 0 Å². The van der Waals surface area contributed by atoms with Crippen LogP contribution in [0.25, 0.3) is 11.3 Å². The van der Waals surface area contributed by atoms with Gasteiger partial charge in [0.1, 0.15) is 6.29 Å². The van der Waals surface area contributed by atoms with Crippen LogP contribution < -0.4 is 0 Å². The van der Waals surface area contributed by atoms with E-state index in [9.17, 15) is 4.79 Å². The van der Waals surface area contributed by atoms with Gasteiger partial charge in [0.05, 0.1) is 5.69 Å².